The minimum atomic E-state index is -0.183. The van der Waals surface area contributed by atoms with E-state index in [4.69, 9.17) is 0 Å². The highest BCUT2D eigenvalue weighted by Gasteiger charge is 2.21. The van der Waals surface area contributed by atoms with Gasteiger partial charge in [0.15, 0.2) is 0 Å². The van der Waals surface area contributed by atoms with Crippen LogP contribution < -0.4 is 9.80 Å². The molecule has 2 aromatic rings. The molecule has 1 aliphatic rings. The molecule has 1 saturated heterocycles. The number of benzene rings is 1. The van der Waals surface area contributed by atoms with Crippen LogP contribution >= 0.6 is 0 Å². The van der Waals surface area contributed by atoms with Crippen molar-refractivity contribution < 1.29 is 9.18 Å². The van der Waals surface area contributed by atoms with Crippen molar-refractivity contribution in [2.75, 3.05) is 49.1 Å². The Kier molecular flexibility index (Phi) is 6.85. The van der Waals surface area contributed by atoms with E-state index in [9.17, 15) is 9.18 Å². The lowest BCUT2D eigenvalue weighted by atomic mass is 10.2. The molecular weight excluding hydrogens is 355 g/mol. The molecule has 0 saturated carbocycles. The number of para-hydroxylation sites is 1. The number of hydrogen-bond acceptors (Lipinski definition) is 4. The Balaban J connectivity index is 1.68. The molecule has 0 bridgehead atoms. The molecule has 1 aromatic carbocycles. The molecule has 0 spiro atoms. The van der Waals surface area contributed by atoms with Gasteiger partial charge in [-0.1, -0.05) is 26.0 Å². The average Bonchev–Trinajstić information content (AvgIpc) is 2.74. The van der Waals surface area contributed by atoms with Crippen LogP contribution in [0, 0.1) is 5.82 Å². The van der Waals surface area contributed by atoms with Crippen molar-refractivity contribution in [3.63, 3.8) is 0 Å². The standard InChI is InChI=1S/C22H29FN4O/c1-3-9-27(10-4-2)22(28)18-15-19(17-24-16-18)25-11-13-26(14-12-25)21-8-6-5-7-20(21)23/h5-8,15-17H,3-4,9-14H2,1-2H3. The molecule has 28 heavy (non-hydrogen) atoms. The molecule has 1 amide bonds. The van der Waals surface area contributed by atoms with Crippen LogP contribution in [0.1, 0.15) is 37.0 Å². The first-order chi connectivity index (χ1) is 13.6. The number of carbonyl (C=O) groups excluding carboxylic acids is 1. The van der Waals surface area contributed by atoms with Gasteiger partial charge < -0.3 is 14.7 Å². The Morgan fingerprint density at radius 3 is 2.32 bits per heavy atom. The molecule has 0 atom stereocenters. The Hall–Kier alpha value is -2.63. The molecule has 1 fully saturated rings. The second kappa shape index (κ2) is 9.53. The van der Waals surface area contributed by atoms with E-state index in [0.717, 1.165) is 57.8 Å². The van der Waals surface area contributed by atoms with Crippen molar-refractivity contribution in [3.05, 3.63) is 54.1 Å². The van der Waals surface area contributed by atoms with Gasteiger partial charge in [-0.05, 0) is 31.0 Å². The summed E-state index contributed by atoms with van der Waals surface area (Å²) in [5.41, 5.74) is 2.24. The summed E-state index contributed by atoms with van der Waals surface area (Å²) in [4.78, 5) is 23.3. The molecule has 150 valence electrons. The van der Waals surface area contributed by atoms with E-state index in [2.05, 4.69) is 28.6 Å². The summed E-state index contributed by atoms with van der Waals surface area (Å²) in [6, 6.07) is 8.83. The molecule has 0 radical (unpaired) electrons. The van der Waals surface area contributed by atoms with E-state index in [1.54, 1.807) is 18.5 Å². The summed E-state index contributed by atoms with van der Waals surface area (Å²) in [5, 5.41) is 0. The zero-order chi connectivity index (χ0) is 19.9. The third kappa shape index (κ3) is 4.61. The topological polar surface area (TPSA) is 39.7 Å². The van der Waals surface area contributed by atoms with E-state index in [0.29, 0.717) is 11.3 Å². The average molecular weight is 384 g/mol. The van der Waals surface area contributed by atoms with Gasteiger partial charge in [0.05, 0.1) is 23.1 Å². The summed E-state index contributed by atoms with van der Waals surface area (Å²) >= 11 is 0. The number of amides is 1. The molecular formula is C22H29FN4O. The van der Waals surface area contributed by atoms with Crippen molar-refractivity contribution in [1.82, 2.24) is 9.88 Å². The van der Waals surface area contributed by atoms with Gasteiger partial charge in [0, 0.05) is 45.5 Å². The molecule has 3 rings (SSSR count). The maximum absolute atomic E-state index is 14.0. The van der Waals surface area contributed by atoms with Crippen molar-refractivity contribution >= 4 is 17.3 Å². The number of piperazine rings is 1. The zero-order valence-corrected chi connectivity index (χ0v) is 16.8. The first-order valence-corrected chi connectivity index (χ1v) is 10.1. The SMILES string of the molecule is CCCN(CCC)C(=O)c1cncc(N2CCN(c3ccccc3F)CC2)c1. The Morgan fingerprint density at radius 1 is 1.04 bits per heavy atom. The van der Waals surface area contributed by atoms with Crippen molar-refractivity contribution in [3.8, 4) is 0 Å². The van der Waals surface area contributed by atoms with Crippen LogP contribution in [0.2, 0.25) is 0 Å². The first kappa shape index (κ1) is 20.1. The highest BCUT2D eigenvalue weighted by atomic mass is 19.1. The lowest BCUT2D eigenvalue weighted by molar-refractivity contribution is 0.0755. The fraction of sp³-hybridized carbons (Fsp3) is 0.455. The van der Waals surface area contributed by atoms with Gasteiger partial charge in [-0.15, -0.1) is 0 Å². The van der Waals surface area contributed by atoms with Crippen LogP contribution in [0.3, 0.4) is 0 Å². The summed E-state index contributed by atoms with van der Waals surface area (Å²) in [6.45, 7) is 8.69. The minimum Gasteiger partial charge on any atom is -0.367 e. The quantitative estimate of drug-likeness (QED) is 0.728. The van der Waals surface area contributed by atoms with E-state index >= 15 is 0 Å². The van der Waals surface area contributed by atoms with Crippen molar-refractivity contribution in [2.24, 2.45) is 0 Å². The van der Waals surface area contributed by atoms with Crippen molar-refractivity contribution in [2.45, 2.75) is 26.7 Å². The minimum absolute atomic E-state index is 0.0445. The number of rotatable bonds is 7. The summed E-state index contributed by atoms with van der Waals surface area (Å²) in [5.74, 6) is -0.139. The van der Waals surface area contributed by atoms with E-state index < -0.39 is 0 Å². The fourth-order valence-corrected chi connectivity index (χ4v) is 3.67. The number of nitrogens with zero attached hydrogens (tertiary/aromatic N) is 4. The Morgan fingerprint density at radius 2 is 1.68 bits per heavy atom. The number of hydrogen-bond donors (Lipinski definition) is 0. The van der Waals surface area contributed by atoms with Crippen LogP contribution in [0.25, 0.3) is 0 Å². The predicted molar refractivity (Wildman–Crippen MR) is 112 cm³/mol. The van der Waals surface area contributed by atoms with E-state index in [1.807, 2.05) is 23.1 Å². The third-order valence-electron chi connectivity index (χ3n) is 5.08. The van der Waals surface area contributed by atoms with Crippen LogP contribution in [0.15, 0.2) is 42.7 Å². The normalized spacial score (nSPS) is 14.2. The molecule has 0 aliphatic carbocycles. The number of anilines is 2. The molecule has 0 unspecified atom stereocenters. The molecule has 0 N–H and O–H groups in total. The monoisotopic (exact) mass is 384 g/mol. The predicted octanol–water partition coefficient (Wildman–Crippen LogP) is 3.81. The van der Waals surface area contributed by atoms with Crippen molar-refractivity contribution in [1.29, 1.82) is 0 Å². The Bertz CT molecular complexity index is 784. The number of carbonyl (C=O) groups is 1. The van der Waals surface area contributed by atoms with Crippen LogP contribution in [-0.2, 0) is 0 Å². The smallest absolute Gasteiger partial charge is 0.255 e. The highest BCUT2D eigenvalue weighted by molar-refractivity contribution is 5.94. The van der Waals surface area contributed by atoms with Gasteiger partial charge in [0.1, 0.15) is 5.82 Å². The lowest BCUT2D eigenvalue weighted by Crippen LogP contribution is -2.47. The van der Waals surface area contributed by atoms with Gasteiger partial charge in [-0.2, -0.15) is 0 Å². The van der Waals surface area contributed by atoms with E-state index in [1.165, 1.54) is 6.07 Å². The van der Waals surface area contributed by atoms with Crippen LogP contribution in [-0.4, -0.2) is 55.1 Å². The van der Waals surface area contributed by atoms with Gasteiger partial charge in [0.2, 0.25) is 0 Å². The van der Waals surface area contributed by atoms with Crippen LogP contribution in [0.5, 0.6) is 0 Å². The number of halogens is 1. The second-order valence-electron chi connectivity index (χ2n) is 7.15. The number of aromatic nitrogens is 1. The van der Waals surface area contributed by atoms with Gasteiger partial charge in [-0.3, -0.25) is 9.78 Å². The summed E-state index contributed by atoms with van der Waals surface area (Å²) in [6.07, 6.45) is 5.34. The first-order valence-electron chi connectivity index (χ1n) is 10.1. The second-order valence-corrected chi connectivity index (χ2v) is 7.15. The largest absolute Gasteiger partial charge is 0.367 e. The third-order valence-corrected chi connectivity index (χ3v) is 5.08. The maximum atomic E-state index is 14.0. The maximum Gasteiger partial charge on any atom is 0.255 e. The van der Waals surface area contributed by atoms with Gasteiger partial charge >= 0.3 is 0 Å². The molecule has 2 heterocycles. The molecule has 6 heteroatoms. The number of pyridine rings is 1. The zero-order valence-electron chi connectivity index (χ0n) is 16.8. The van der Waals surface area contributed by atoms with Gasteiger partial charge in [0.25, 0.3) is 5.91 Å². The fourth-order valence-electron chi connectivity index (χ4n) is 3.67. The summed E-state index contributed by atoms with van der Waals surface area (Å²) in [7, 11) is 0. The molecule has 1 aliphatic heterocycles. The lowest BCUT2D eigenvalue weighted by Gasteiger charge is -2.37. The molecule has 5 nitrogen and oxygen atoms in total. The van der Waals surface area contributed by atoms with Crippen LogP contribution in [0.4, 0.5) is 15.8 Å². The van der Waals surface area contributed by atoms with Gasteiger partial charge in [-0.25, -0.2) is 4.39 Å². The highest BCUT2D eigenvalue weighted by Crippen LogP contribution is 2.23. The van der Waals surface area contributed by atoms with E-state index in [-0.39, 0.29) is 11.7 Å². The Labute approximate surface area is 166 Å². The molecule has 1 aromatic heterocycles. The summed E-state index contributed by atoms with van der Waals surface area (Å²) < 4.78 is 14.0.